The van der Waals surface area contributed by atoms with E-state index in [1.165, 1.54) is 116 Å². The van der Waals surface area contributed by atoms with Crippen molar-refractivity contribution < 1.29 is 0 Å². The third-order valence-electron chi connectivity index (χ3n) is 5.48. The summed E-state index contributed by atoms with van der Waals surface area (Å²) in [5.74, 6) is 0. The molecule has 0 fully saturated rings. The van der Waals surface area contributed by atoms with Crippen LogP contribution in [0.4, 0.5) is 0 Å². The second-order valence-corrected chi connectivity index (χ2v) is 11.2. The quantitative estimate of drug-likeness (QED) is 0.136. The molecule has 3 heteroatoms. The molecule has 0 saturated carbocycles. The molecular weight excluding hydrogens is 393 g/mol. The smallest absolute Gasteiger partial charge is 0.0106 e. The van der Waals surface area contributed by atoms with Gasteiger partial charge in [0.05, 0.1) is 0 Å². The second kappa shape index (κ2) is 33.3. The van der Waals surface area contributed by atoms with Crippen LogP contribution < -0.4 is 5.73 Å². The molecule has 0 atom stereocenters. The van der Waals surface area contributed by atoms with E-state index in [0.29, 0.717) is 7.92 Å². The fourth-order valence-corrected chi connectivity index (χ4v) is 6.37. The number of halogens is 1. The van der Waals surface area contributed by atoms with Crippen molar-refractivity contribution in [1.82, 2.24) is 0 Å². The summed E-state index contributed by atoms with van der Waals surface area (Å²) in [6.07, 6.45) is 31.2. The Bertz CT molecular complexity index is 213. The Hall–Kier alpha value is 0.680. The summed E-state index contributed by atoms with van der Waals surface area (Å²) in [4.78, 5) is 0. The molecule has 0 aliphatic heterocycles. The van der Waals surface area contributed by atoms with Crippen LogP contribution in [0.2, 0.25) is 0 Å². The maximum atomic E-state index is 4.85. The number of hydrogen-bond donors (Lipinski definition) is 1. The molecule has 0 saturated heterocycles. The minimum absolute atomic E-state index is 0. The van der Waals surface area contributed by atoms with E-state index < -0.39 is 0 Å². The molecule has 1 nitrogen and oxygen atoms in total. The van der Waals surface area contributed by atoms with Crippen LogP contribution in [-0.4, -0.2) is 25.0 Å². The predicted molar refractivity (Wildman–Crippen MR) is 144 cm³/mol. The third-order valence-corrected chi connectivity index (χ3v) is 8.33. The van der Waals surface area contributed by atoms with Crippen LogP contribution in [0, 0.1) is 0 Å². The monoisotopic (exact) mass is 451 g/mol. The summed E-state index contributed by atoms with van der Waals surface area (Å²) in [5.41, 5.74) is 4.85. The highest BCUT2D eigenvalue weighted by molar-refractivity contribution is 7.57. The van der Waals surface area contributed by atoms with Gasteiger partial charge >= 0.3 is 0 Å². The average Bonchev–Trinajstić information content (AvgIpc) is 2.69. The van der Waals surface area contributed by atoms with Crippen LogP contribution in [0.3, 0.4) is 0 Å². The molecule has 0 aliphatic rings. The van der Waals surface area contributed by atoms with Gasteiger partial charge in [-0.3, -0.25) is 0 Å². The standard InChI is InChI=1S/C24H51P.C2H7N.ClH/c1-4-7-10-13-16-19-22-25(23-20-17-14-11-8-5-2)24-21-18-15-12-9-6-3;1-2-3;/h4-24H2,1-3H3;2-3H2,1H3;1H. The second-order valence-electron chi connectivity index (χ2n) is 8.55. The van der Waals surface area contributed by atoms with Gasteiger partial charge < -0.3 is 5.73 Å². The molecule has 0 rings (SSSR count). The van der Waals surface area contributed by atoms with Gasteiger partial charge in [-0.05, 0) is 44.3 Å². The van der Waals surface area contributed by atoms with Gasteiger partial charge in [-0.1, -0.05) is 124 Å². The van der Waals surface area contributed by atoms with Gasteiger partial charge in [-0.15, -0.1) is 20.3 Å². The van der Waals surface area contributed by atoms with Crippen LogP contribution in [0.5, 0.6) is 0 Å². The minimum Gasteiger partial charge on any atom is -0.331 e. The summed E-state index contributed by atoms with van der Waals surface area (Å²) in [5, 5.41) is 0. The van der Waals surface area contributed by atoms with Crippen LogP contribution >= 0.6 is 20.3 Å². The van der Waals surface area contributed by atoms with Crippen LogP contribution in [-0.2, 0) is 0 Å². The molecule has 0 aromatic carbocycles. The fraction of sp³-hybridized carbons (Fsp3) is 1.00. The van der Waals surface area contributed by atoms with E-state index in [4.69, 9.17) is 5.73 Å². The van der Waals surface area contributed by atoms with Crippen molar-refractivity contribution >= 4 is 20.3 Å². The van der Waals surface area contributed by atoms with E-state index in [1.54, 1.807) is 18.5 Å². The zero-order chi connectivity index (χ0) is 21.1. The largest absolute Gasteiger partial charge is 0.331 e. The van der Waals surface area contributed by atoms with Gasteiger partial charge in [0.15, 0.2) is 0 Å². The van der Waals surface area contributed by atoms with E-state index in [9.17, 15) is 0 Å². The highest BCUT2D eigenvalue weighted by Crippen LogP contribution is 2.39. The first-order valence-electron chi connectivity index (χ1n) is 13.2. The molecule has 0 aromatic heterocycles. The summed E-state index contributed by atoms with van der Waals surface area (Å²) in [6.45, 7) is 9.61. The molecule has 0 aliphatic carbocycles. The van der Waals surface area contributed by atoms with Gasteiger partial charge in [0.1, 0.15) is 0 Å². The molecule has 0 spiro atoms. The Balaban J connectivity index is -0.00000158. The first kappa shape index (κ1) is 34.3. The molecule has 0 bridgehead atoms. The van der Waals surface area contributed by atoms with Gasteiger partial charge in [-0.25, -0.2) is 0 Å². The van der Waals surface area contributed by atoms with Crippen LogP contribution in [0.15, 0.2) is 0 Å². The minimum atomic E-state index is 0. The molecule has 29 heavy (non-hydrogen) atoms. The van der Waals surface area contributed by atoms with Gasteiger partial charge in [-0.2, -0.15) is 0 Å². The Morgan fingerprint density at radius 2 is 0.621 bits per heavy atom. The van der Waals surface area contributed by atoms with Crippen molar-refractivity contribution in [3.05, 3.63) is 0 Å². The maximum Gasteiger partial charge on any atom is -0.0106 e. The molecular formula is C26H59ClNP. The molecule has 0 unspecified atom stereocenters. The van der Waals surface area contributed by atoms with E-state index in [0.717, 1.165) is 6.54 Å². The average molecular weight is 452 g/mol. The molecule has 2 N–H and O–H groups in total. The molecule has 0 radical (unpaired) electrons. The van der Waals surface area contributed by atoms with Crippen molar-refractivity contribution in [2.45, 2.75) is 143 Å². The Kier molecular flexibility index (Phi) is 39.4. The first-order chi connectivity index (χ1) is 13.8. The Morgan fingerprint density at radius 1 is 0.414 bits per heavy atom. The van der Waals surface area contributed by atoms with Crippen molar-refractivity contribution in [1.29, 1.82) is 0 Å². The van der Waals surface area contributed by atoms with Crippen molar-refractivity contribution in [3.8, 4) is 0 Å². The van der Waals surface area contributed by atoms with Crippen molar-refractivity contribution in [2.75, 3.05) is 25.0 Å². The predicted octanol–water partition coefficient (Wildman–Crippen LogP) is 9.94. The maximum absolute atomic E-state index is 4.85. The molecule has 0 heterocycles. The summed E-state index contributed by atoms with van der Waals surface area (Å²) >= 11 is 0. The zero-order valence-electron chi connectivity index (χ0n) is 21.0. The summed E-state index contributed by atoms with van der Waals surface area (Å²) in [7, 11) is 0.366. The zero-order valence-corrected chi connectivity index (χ0v) is 22.7. The number of rotatable bonds is 21. The van der Waals surface area contributed by atoms with Crippen LogP contribution in [0.25, 0.3) is 0 Å². The topological polar surface area (TPSA) is 26.0 Å². The van der Waals surface area contributed by atoms with Crippen molar-refractivity contribution in [3.63, 3.8) is 0 Å². The molecule has 180 valence electrons. The normalized spacial score (nSPS) is 10.6. The third kappa shape index (κ3) is 33.5. The number of hydrogen-bond acceptors (Lipinski definition) is 1. The molecule has 0 amide bonds. The van der Waals surface area contributed by atoms with E-state index in [-0.39, 0.29) is 12.4 Å². The molecule has 0 aromatic rings. The van der Waals surface area contributed by atoms with E-state index in [2.05, 4.69) is 20.8 Å². The van der Waals surface area contributed by atoms with Gasteiger partial charge in [0.2, 0.25) is 0 Å². The Labute approximate surface area is 194 Å². The van der Waals surface area contributed by atoms with Crippen molar-refractivity contribution in [2.24, 2.45) is 5.73 Å². The van der Waals surface area contributed by atoms with Crippen LogP contribution in [0.1, 0.15) is 143 Å². The lowest BCUT2D eigenvalue weighted by Crippen LogP contribution is -1.97. The lowest BCUT2D eigenvalue weighted by Gasteiger charge is -2.18. The SMILES string of the molecule is CCCCCCCCP(CCCCCCCC)CCCCCCCC.CCN.Cl. The van der Waals surface area contributed by atoms with E-state index in [1.807, 2.05) is 6.92 Å². The number of unbranched alkanes of at least 4 members (excludes halogenated alkanes) is 15. The van der Waals surface area contributed by atoms with E-state index >= 15 is 0 Å². The Morgan fingerprint density at radius 3 is 0.862 bits per heavy atom. The lowest BCUT2D eigenvalue weighted by molar-refractivity contribution is 0.617. The highest BCUT2D eigenvalue weighted by Gasteiger charge is 2.07. The summed E-state index contributed by atoms with van der Waals surface area (Å²) in [6, 6.07) is 0. The number of nitrogens with two attached hydrogens (primary N) is 1. The fourth-order valence-electron chi connectivity index (χ4n) is 3.68. The van der Waals surface area contributed by atoms with Gasteiger partial charge in [0.25, 0.3) is 0 Å². The first-order valence-corrected chi connectivity index (χ1v) is 15.1. The van der Waals surface area contributed by atoms with Gasteiger partial charge in [0, 0.05) is 0 Å². The highest BCUT2D eigenvalue weighted by atomic mass is 35.5. The summed E-state index contributed by atoms with van der Waals surface area (Å²) < 4.78 is 0. The lowest BCUT2D eigenvalue weighted by atomic mass is 10.1.